The minimum absolute atomic E-state index is 1.26. The van der Waals surface area contributed by atoms with E-state index in [1.165, 1.54) is 36.0 Å². The van der Waals surface area contributed by atoms with Crippen molar-refractivity contribution in [3.8, 4) is 0 Å². The molecular weight excluding hydrogens is 180 g/mol. The van der Waals surface area contributed by atoms with Crippen LogP contribution in [0.25, 0.3) is 6.08 Å². The molecular formula is C15H24. The van der Waals surface area contributed by atoms with Gasteiger partial charge in [0.2, 0.25) is 0 Å². The normalized spacial score (nSPS) is 11.5. The second-order valence-electron chi connectivity index (χ2n) is 3.09. The zero-order chi connectivity index (χ0) is 11.7. The van der Waals surface area contributed by atoms with E-state index >= 15 is 0 Å². The summed E-state index contributed by atoms with van der Waals surface area (Å²) in [6.45, 7) is 11.8. The van der Waals surface area contributed by atoms with Crippen LogP contribution in [0.4, 0.5) is 0 Å². The average molecular weight is 204 g/mol. The molecule has 0 atom stereocenters. The standard InChI is InChI=1S/C11H12.2C2H6/c1-2-9-6-7-10-4-3-5-11(10)8-9;2*1-2/h2,6-8H,1,3-5H2;2*1-2H3. The zero-order valence-corrected chi connectivity index (χ0v) is 10.6. The Bertz CT molecular complexity index is 284. The Morgan fingerprint density at radius 1 is 1.00 bits per heavy atom. The summed E-state index contributed by atoms with van der Waals surface area (Å²) in [6, 6.07) is 6.64. The quantitative estimate of drug-likeness (QED) is 0.612. The molecule has 0 heteroatoms. The molecule has 2 rings (SSSR count). The maximum atomic E-state index is 3.76. The Morgan fingerprint density at radius 2 is 1.60 bits per heavy atom. The van der Waals surface area contributed by atoms with Gasteiger partial charge >= 0.3 is 0 Å². The Hall–Kier alpha value is -1.04. The summed E-state index contributed by atoms with van der Waals surface area (Å²) >= 11 is 0. The van der Waals surface area contributed by atoms with E-state index < -0.39 is 0 Å². The summed E-state index contributed by atoms with van der Waals surface area (Å²) in [7, 11) is 0. The first-order chi connectivity index (χ1) is 7.40. The first-order valence-corrected chi connectivity index (χ1v) is 6.14. The van der Waals surface area contributed by atoms with Gasteiger partial charge in [0.25, 0.3) is 0 Å². The van der Waals surface area contributed by atoms with Gasteiger partial charge in [-0.15, -0.1) is 0 Å². The van der Waals surface area contributed by atoms with Crippen LogP contribution >= 0.6 is 0 Å². The molecule has 0 saturated carbocycles. The van der Waals surface area contributed by atoms with Crippen molar-refractivity contribution in [2.24, 2.45) is 0 Å². The SMILES string of the molecule is C=Cc1ccc2c(c1)CCC2.CC.CC. The molecule has 0 fully saturated rings. The second kappa shape index (κ2) is 8.28. The fraction of sp³-hybridized carbons (Fsp3) is 0.467. The summed E-state index contributed by atoms with van der Waals surface area (Å²) < 4.78 is 0. The van der Waals surface area contributed by atoms with E-state index in [1.807, 2.05) is 33.8 Å². The van der Waals surface area contributed by atoms with E-state index in [-0.39, 0.29) is 0 Å². The molecule has 1 aliphatic carbocycles. The predicted molar refractivity (Wildman–Crippen MR) is 71.3 cm³/mol. The van der Waals surface area contributed by atoms with Crippen molar-refractivity contribution in [1.82, 2.24) is 0 Å². The van der Waals surface area contributed by atoms with Gasteiger partial charge in [0.15, 0.2) is 0 Å². The minimum atomic E-state index is 1.26. The first kappa shape index (κ1) is 14.0. The number of fused-ring (bicyclic) bond motifs is 1. The number of hydrogen-bond donors (Lipinski definition) is 0. The lowest BCUT2D eigenvalue weighted by molar-refractivity contribution is 0.912. The number of hydrogen-bond acceptors (Lipinski definition) is 0. The molecule has 0 aliphatic heterocycles. The van der Waals surface area contributed by atoms with Crippen LogP contribution in [0.1, 0.15) is 50.8 Å². The Kier molecular flexibility index (Phi) is 7.71. The van der Waals surface area contributed by atoms with Crippen LogP contribution < -0.4 is 0 Å². The van der Waals surface area contributed by atoms with Gasteiger partial charge < -0.3 is 0 Å². The summed E-state index contributed by atoms with van der Waals surface area (Å²) in [5.74, 6) is 0. The van der Waals surface area contributed by atoms with Crippen LogP contribution in [0.15, 0.2) is 24.8 Å². The van der Waals surface area contributed by atoms with E-state index in [0.29, 0.717) is 0 Å². The molecule has 0 nitrogen and oxygen atoms in total. The first-order valence-electron chi connectivity index (χ1n) is 6.14. The lowest BCUT2D eigenvalue weighted by Gasteiger charge is -1.98. The average Bonchev–Trinajstić information content (AvgIpc) is 2.81. The maximum absolute atomic E-state index is 3.76. The zero-order valence-electron chi connectivity index (χ0n) is 10.6. The van der Waals surface area contributed by atoms with Crippen LogP contribution in [-0.2, 0) is 12.8 Å². The molecule has 0 N–H and O–H groups in total. The van der Waals surface area contributed by atoms with Gasteiger partial charge in [-0.3, -0.25) is 0 Å². The van der Waals surface area contributed by atoms with Crippen molar-refractivity contribution < 1.29 is 0 Å². The number of benzene rings is 1. The summed E-state index contributed by atoms with van der Waals surface area (Å²) in [6.07, 6.45) is 5.78. The molecule has 0 unspecified atom stereocenters. The van der Waals surface area contributed by atoms with Crippen LogP contribution in [0.3, 0.4) is 0 Å². The highest BCUT2D eigenvalue weighted by atomic mass is 14.1. The number of aryl methyl sites for hydroxylation is 2. The van der Waals surface area contributed by atoms with Gasteiger partial charge in [-0.2, -0.15) is 0 Å². The Labute approximate surface area is 95.0 Å². The molecule has 15 heavy (non-hydrogen) atoms. The van der Waals surface area contributed by atoms with Crippen LogP contribution in [0.2, 0.25) is 0 Å². The highest BCUT2D eigenvalue weighted by molar-refractivity contribution is 5.50. The third-order valence-corrected chi connectivity index (χ3v) is 2.36. The molecule has 0 bridgehead atoms. The van der Waals surface area contributed by atoms with Crippen molar-refractivity contribution in [2.45, 2.75) is 47.0 Å². The molecule has 0 amide bonds. The van der Waals surface area contributed by atoms with Crippen molar-refractivity contribution in [3.05, 3.63) is 41.5 Å². The Balaban J connectivity index is 0.000000442. The molecule has 0 heterocycles. The topological polar surface area (TPSA) is 0 Å². The fourth-order valence-corrected chi connectivity index (χ4v) is 1.72. The minimum Gasteiger partial charge on any atom is -0.0985 e. The van der Waals surface area contributed by atoms with Crippen molar-refractivity contribution >= 4 is 6.08 Å². The van der Waals surface area contributed by atoms with Gasteiger partial charge in [-0.25, -0.2) is 0 Å². The van der Waals surface area contributed by atoms with E-state index in [4.69, 9.17) is 0 Å². The molecule has 1 aromatic carbocycles. The summed E-state index contributed by atoms with van der Waals surface area (Å²) in [4.78, 5) is 0. The second-order valence-corrected chi connectivity index (χ2v) is 3.09. The van der Waals surface area contributed by atoms with E-state index in [9.17, 15) is 0 Å². The molecule has 0 radical (unpaired) electrons. The van der Waals surface area contributed by atoms with Crippen molar-refractivity contribution in [3.63, 3.8) is 0 Å². The van der Waals surface area contributed by atoms with Gasteiger partial charge in [-0.05, 0) is 36.0 Å². The third kappa shape index (κ3) is 3.91. The fourth-order valence-electron chi connectivity index (χ4n) is 1.72. The molecule has 0 saturated heterocycles. The Morgan fingerprint density at radius 3 is 2.20 bits per heavy atom. The van der Waals surface area contributed by atoms with Gasteiger partial charge in [-0.1, -0.05) is 58.5 Å². The van der Waals surface area contributed by atoms with Crippen molar-refractivity contribution in [2.75, 3.05) is 0 Å². The smallest absolute Gasteiger partial charge is 0.0260 e. The lowest BCUT2D eigenvalue weighted by Crippen LogP contribution is -1.81. The number of rotatable bonds is 1. The molecule has 1 aliphatic rings. The van der Waals surface area contributed by atoms with Crippen LogP contribution in [0.5, 0.6) is 0 Å². The third-order valence-electron chi connectivity index (χ3n) is 2.36. The van der Waals surface area contributed by atoms with Gasteiger partial charge in [0.1, 0.15) is 0 Å². The maximum Gasteiger partial charge on any atom is -0.0260 e. The molecule has 0 aromatic heterocycles. The summed E-state index contributed by atoms with van der Waals surface area (Å²) in [5, 5.41) is 0. The van der Waals surface area contributed by atoms with Crippen molar-refractivity contribution in [1.29, 1.82) is 0 Å². The van der Waals surface area contributed by atoms with E-state index in [0.717, 1.165) is 0 Å². The summed E-state index contributed by atoms with van der Waals surface area (Å²) in [5.41, 5.74) is 4.32. The molecule has 1 aromatic rings. The monoisotopic (exact) mass is 204 g/mol. The van der Waals surface area contributed by atoms with Crippen LogP contribution in [-0.4, -0.2) is 0 Å². The highest BCUT2D eigenvalue weighted by Gasteiger charge is 2.09. The predicted octanol–water partition coefficient (Wildman–Crippen LogP) is 4.87. The van der Waals surface area contributed by atoms with E-state index in [1.54, 1.807) is 0 Å². The van der Waals surface area contributed by atoms with Gasteiger partial charge in [0.05, 0.1) is 0 Å². The van der Waals surface area contributed by atoms with Gasteiger partial charge in [0, 0.05) is 0 Å². The largest absolute Gasteiger partial charge is 0.0985 e. The van der Waals surface area contributed by atoms with Crippen LogP contribution in [0, 0.1) is 0 Å². The lowest BCUT2D eigenvalue weighted by atomic mass is 10.1. The van der Waals surface area contributed by atoms with E-state index in [2.05, 4.69) is 24.8 Å². The highest BCUT2D eigenvalue weighted by Crippen LogP contribution is 2.22. The molecule has 84 valence electrons. The molecule has 0 spiro atoms.